The molecular weight excluding hydrogens is 194 g/mol. The van der Waals surface area contributed by atoms with Crippen molar-refractivity contribution in [3.8, 4) is 0 Å². The number of amides is 1. The van der Waals surface area contributed by atoms with E-state index in [9.17, 15) is 4.79 Å². The van der Waals surface area contributed by atoms with Crippen LogP contribution in [0.3, 0.4) is 0 Å². The molecule has 1 saturated heterocycles. The van der Waals surface area contributed by atoms with Gasteiger partial charge < -0.3 is 14.7 Å². The van der Waals surface area contributed by atoms with E-state index in [-0.39, 0.29) is 30.6 Å². The summed E-state index contributed by atoms with van der Waals surface area (Å²) in [5.74, 6) is 1.02. The van der Waals surface area contributed by atoms with E-state index in [1.807, 2.05) is 11.8 Å². The number of carbonyl (C=O) groups excluding carboxylic acids is 1. The van der Waals surface area contributed by atoms with Gasteiger partial charge in [0.05, 0.1) is 18.8 Å². The summed E-state index contributed by atoms with van der Waals surface area (Å²) < 4.78 is 5.50. The van der Waals surface area contributed by atoms with E-state index in [0.717, 1.165) is 6.42 Å². The molecule has 15 heavy (non-hydrogen) atoms. The Bertz CT molecular complexity index is 256. The van der Waals surface area contributed by atoms with Crippen LogP contribution in [0.15, 0.2) is 0 Å². The summed E-state index contributed by atoms with van der Waals surface area (Å²) in [5.41, 5.74) is 0. The highest BCUT2D eigenvalue weighted by Crippen LogP contribution is 2.39. The summed E-state index contributed by atoms with van der Waals surface area (Å²) in [6.07, 6.45) is 0.856. The van der Waals surface area contributed by atoms with E-state index < -0.39 is 0 Å². The first-order valence-electron chi connectivity index (χ1n) is 5.67. The zero-order chi connectivity index (χ0) is 11.0. The summed E-state index contributed by atoms with van der Waals surface area (Å²) in [7, 11) is 0. The summed E-state index contributed by atoms with van der Waals surface area (Å²) >= 11 is 0. The van der Waals surface area contributed by atoms with Crippen LogP contribution < -0.4 is 0 Å². The number of hydrogen-bond donors (Lipinski definition) is 1. The molecule has 86 valence electrons. The molecule has 2 fully saturated rings. The van der Waals surface area contributed by atoms with Gasteiger partial charge in [-0.2, -0.15) is 0 Å². The third-order valence-electron chi connectivity index (χ3n) is 3.27. The Kier molecular flexibility index (Phi) is 2.98. The molecule has 4 atom stereocenters. The van der Waals surface area contributed by atoms with E-state index >= 15 is 0 Å². The van der Waals surface area contributed by atoms with Gasteiger partial charge in [0.25, 0.3) is 0 Å². The number of carbonyl (C=O) groups is 1. The Morgan fingerprint density at radius 2 is 2.13 bits per heavy atom. The number of rotatable bonds is 2. The van der Waals surface area contributed by atoms with Gasteiger partial charge in [-0.1, -0.05) is 6.92 Å². The second-order valence-corrected chi connectivity index (χ2v) is 4.81. The van der Waals surface area contributed by atoms with Gasteiger partial charge in [0, 0.05) is 19.0 Å². The number of ether oxygens (including phenoxy) is 1. The van der Waals surface area contributed by atoms with Gasteiger partial charge in [-0.15, -0.1) is 0 Å². The van der Waals surface area contributed by atoms with Crippen LogP contribution in [-0.4, -0.2) is 47.8 Å². The minimum atomic E-state index is -0.202. The molecule has 1 aliphatic carbocycles. The fourth-order valence-corrected chi connectivity index (χ4v) is 2.23. The van der Waals surface area contributed by atoms with Crippen molar-refractivity contribution in [2.45, 2.75) is 32.5 Å². The van der Waals surface area contributed by atoms with Gasteiger partial charge in [0.15, 0.2) is 0 Å². The third-order valence-corrected chi connectivity index (χ3v) is 3.27. The van der Waals surface area contributed by atoms with Gasteiger partial charge in [-0.25, -0.2) is 0 Å². The number of hydrogen-bond acceptors (Lipinski definition) is 3. The summed E-state index contributed by atoms with van der Waals surface area (Å²) in [6.45, 7) is 5.25. The zero-order valence-corrected chi connectivity index (χ0v) is 9.35. The first kappa shape index (κ1) is 10.9. The standard InChI is InChI=1S/C11H19NO3/c1-7-3-10(7)11(14)12-4-8(2)15-9(5-12)6-13/h7-10,13H,3-6H2,1-2H3. The molecule has 4 unspecified atom stereocenters. The molecule has 1 amide bonds. The predicted octanol–water partition coefficient (Wildman–Crippen LogP) is 0.251. The van der Waals surface area contributed by atoms with Crippen molar-refractivity contribution in [2.24, 2.45) is 11.8 Å². The lowest BCUT2D eigenvalue weighted by molar-refractivity contribution is -0.148. The van der Waals surface area contributed by atoms with Crippen LogP contribution in [0.4, 0.5) is 0 Å². The number of aliphatic hydroxyl groups is 1. The van der Waals surface area contributed by atoms with Crippen LogP contribution in [0.2, 0.25) is 0 Å². The molecule has 1 N–H and O–H groups in total. The van der Waals surface area contributed by atoms with Crippen LogP contribution >= 0.6 is 0 Å². The van der Waals surface area contributed by atoms with Crippen molar-refractivity contribution < 1.29 is 14.6 Å². The SMILES string of the molecule is CC1CN(C(=O)C2CC2C)CC(CO)O1. The lowest BCUT2D eigenvalue weighted by atomic mass is 10.2. The second kappa shape index (κ2) is 4.10. The summed E-state index contributed by atoms with van der Waals surface area (Å²) in [4.78, 5) is 13.8. The number of nitrogens with zero attached hydrogens (tertiary/aromatic N) is 1. The van der Waals surface area contributed by atoms with Crippen molar-refractivity contribution in [3.63, 3.8) is 0 Å². The molecular formula is C11H19NO3. The highest BCUT2D eigenvalue weighted by molar-refractivity contribution is 5.81. The maximum Gasteiger partial charge on any atom is 0.226 e. The fourth-order valence-electron chi connectivity index (χ4n) is 2.23. The Morgan fingerprint density at radius 3 is 2.67 bits per heavy atom. The molecule has 0 spiro atoms. The maximum atomic E-state index is 12.0. The monoisotopic (exact) mass is 213 g/mol. The minimum absolute atomic E-state index is 0.00561. The van der Waals surface area contributed by atoms with Crippen molar-refractivity contribution >= 4 is 5.91 Å². The first-order chi connectivity index (χ1) is 7.11. The first-order valence-corrected chi connectivity index (χ1v) is 5.67. The van der Waals surface area contributed by atoms with Crippen LogP contribution in [0.1, 0.15) is 20.3 Å². The largest absolute Gasteiger partial charge is 0.394 e. The molecule has 0 bridgehead atoms. The van der Waals surface area contributed by atoms with Crippen molar-refractivity contribution in [3.05, 3.63) is 0 Å². The average Bonchev–Trinajstić information content (AvgIpc) is 2.93. The van der Waals surface area contributed by atoms with Crippen LogP contribution in [-0.2, 0) is 9.53 Å². The fraction of sp³-hybridized carbons (Fsp3) is 0.909. The van der Waals surface area contributed by atoms with Gasteiger partial charge >= 0.3 is 0 Å². The zero-order valence-electron chi connectivity index (χ0n) is 9.35. The molecule has 4 heteroatoms. The molecule has 1 aliphatic heterocycles. The van der Waals surface area contributed by atoms with E-state index in [0.29, 0.717) is 19.0 Å². The van der Waals surface area contributed by atoms with E-state index in [4.69, 9.17) is 9.84 Å². The molecule has 0 radical (unpaired) electrons. The second-order valence-electron chi connectivity index (χ2n) is 4.81. The van der Waals surface area contributed by atoms with Crippen molar-refractivity contribution in [1.82, 2.24) is 4.90 Å². The highest BCUT2D eigenvalue weighted by Gasteiger charge is 2.43. The molecule has 0 aromatic heterocycles. The normalized spacial score (nSPS) is 40.3. The smallest absolute Gasteiger partial charge is 0.226 e. The van der Waals surface area contributed by atoms with Crippen LogP contribution in [0.5, 0.6) is 0 Å². The van der Waals surface area contributed by atoms with Crippen LogP contribution in [0.25, 0.3) is 0 Å². The Hall–Kier alpha value is -0.610. The third kappa shape index (κ3) is 2.32. The summed E-state index contributed by atoms with van der Waals surface area (Å²) in [5, 5.41) is 9.05. The van der Waals surface area contributed by atoms with E-state index in [1.165, 1.54) is 0 Å². The topological polar surface area (TPSA) is 49.8 Å². The Labute approximate surface area is 90.2 Å². The summed E-state index contributed by atoms with van der Waals surface area (Å²) in [6, 6.07) is 0. The molecule has 4 nitrogen and oxygen atoms in total. The number of morpholine rings is 1. The van der Waals surface area contributed by atoms with Crippen molar-refractivity contribution in [1.29, 1.82) is 0 Å². The average molecular weight is 213 g/mol. The Balaban J connectivity index is 1.93. The predicted molar refractivity (Wildman–Crippen MR) is 55.3 cm³/mol. The van der Waals surface area contributed by atoms with Gasteiger partial charge in [-0.05, 0) is 19.3 Å². The lowest BCUT2D eigenvalue weighted by Crippen LogP contribution is -2.50. The van der Waals surface area contributed by atoms with Gasteiger partial charge in [-0.3, -0.25) is 4.79 Å². The molecule has 0 aromatic carbocycles. The maximum absolute atomic E-state index is 12.0. The molecule has 2 rings (SSSR count). The Morgan fingerprint density at radius 1 is 1.47 bits per heavy atom. The molecule has 1 saturated carbocycles. The van der Waals surface area contributed by atoms with Crippen LogP contribution in [0, 0.1) is 11.8 Å². The van der Waals surface area contributed by atoms with Gasteiger partial charge in [0.1, 0.15) is 0 Å². The molecule has 1 heterocycles. The molecule has 0 aromatic rings. The van der Waals surface area contributed by atoms with Crippen molar-refractivity contribution in [2.75, 3.05) is 19.7 Å². The van der Waals surface area contributed by atoms with E-state index in [2.05, 4.69) is 6.92 Å². The molecule has 2 aliphatic rings. The number of aliphatic hydroxyl groups excluding tert-OH is 1. The minimum Gasteiger partial charge on any atom is -0.394 e. The quantitative estimate of drug-likeness (QED) is 0.715. The van der Waals surface area contributed by atoms with E-state index in [1.54, 1.807) is 0 Å². The highest BCUT2D eigenvalue weighted by atomic mass is 16.5. The lowest BCUT2D eigenvalue weighted by Gasteiger charge is -2.36. The van der Waals surface area contributed by atoms with Gasteiger partial charge in [0.2, 0.25) is 5.91 Å².